The van der Waals surface area contributed by atoms with Crippen molar-refractivity contribution in [1.82, 2.24) is 0 Å². The fourth-order valence-electron chi connectivity index (χ4n) is 9.10. The summed E-state index contributed by atoms with van der Waals surface area (Å²) in [6.07, 6.45) is 0. The Kier molecular flexibility index (Phi) is 9.40. The smallest absolute Gasteiger partial charge is 0.252 e. The third-order valence-electron chi connectivity index (χ3n) is 13.0. The van der Waals surface area contributed by atoms with Gasteiger partial charge in [0.2, 0.25) is 0 Å². The highest BCUT2D eigenvalue weighted by atomic mass is 28.3. The highest BCUT2D eigenvalue weighted by Crippen LogP contribution is 2.45. The zero-order valence-electron chi connectivity index (χ0n) is 37.6. The summed E-state index contributed by atoms with van der Waals surface area (Å²) in [4.78, 5) is 5.20. The predicted molar refractivity (Wildman–Crippen MR) is 258 cm³/mol. The second-order valence-electron chi connectivity index (χ2n) is 21.7. The minimum absolute atomic E-state index is 0.00191. The molecule has 0 saturated heterocycles. The van der Waals surface area contributed by atoms with Crippen molar-refractivity contribution in [1.29, 1.82) is 0 Å². The summed E-state index contributed by atoms with van der Waals surface area (Å²) in [6.45, 7) is 33.0. The molecule has 2 heterocycles. The average Bonchev–Trinajstić information content (AvgIpc) is 3.16. The SMILES string of the molecule is CC(C)(C)c1ccc(N2c3ccc(C(C)(C)C)cc3B3c4cc(C(C)(C)C)ccc4N(c4ccc(C(C)(C)C)cc4)c4cc([Si](C)(C)c5ccccc5)cc2c43)cc1. The molecule has 0 unspecified atom stereocenters. The maximum absolute atomic E-state index is 2.60. The van der Waals surface area contributed by atoms with Gasteiger partial charge in [-0.05, 0) is 109 Å². The maximum atomic E-state index is 2.60. The summed E-state index contributed by atoms with van der Waals surface area (Å²) in [5.41, 5.74) is 17.2. The van der Waals surface area contributed by atoms with Gasteiger partial charge in [0.25, 0.3) is 6.71 Å². The van der Waals surface area contributed by atoms with Crippen LogP contribution in [0.2, 0.25) is 13.1 Å². The van der Waals surface area contributed by atoms with Gasteiger partial charge < -0.3 is 9.80 Å². The Labute approximate surface area is 351 Å². The number of hydrogen-bond donors (Lipinski definition) is 0. The molecule has 6 aromatic rings. The molecule has 0 amide bonds. The zero-order valence-corrected chi connectivity index (χ0v) is 38.6. The molecule has 0 atom stereocenters. The predicted octanol–water partition coefficient (Wildman–Crippen LogP) is 11.8. The molecule has 0 fully saturated rings. The van der Waals surface area contributed by atoms with E-state index in [0.717, 1.165) is 0 Å². The molecule has 0 aliphatic carbocycles. The van der Waals surface area contributed by atoms with Crippen LogP contribution in [0.25, 0.3) is 0 Å². The van der Waals surface area contributed by atoms with Gasteiger partial charge in [-0.2, -0.15) is 0 Å². The minimum Gasteiger partial charge on any atom is -0.311 e. The molecule has 0 N–H and O–H groups in total. The lowest BCUT2D eigenvalue weighted by Gasteiger charge is -2.46. The van der Waals surface area contributed by atoms with E-state index in [1.807, 2.05) is 0 Å². The Morgan fingerprint density at radius 1 is 0.379 bits per heavy atom. The van der Waals surface area contributed by atoms with Crippen molar-refractivity contribution >= 4 is 75.7 Å². The number of nitrogens with zero attached hydrogens (tertiary/aromatic N) is 2. The third kappa shape index (κ3) is 6.85. The lowest BCUT2D eigenvalue weighted by Crippen LogP contribution is -2.63. The van der Waals surface area contributed by atoms with Crippen molar-refractivity contribution in [3.05, 3.63) is 150 Å². The first-order valence-corrected chi connectivity index (χ1v) is 24.4. The summed E-state index contributed by atoms with van der Waals surface area (Å²) in [5, 5.41) is 2.88. The van der Waals surface area contributed by atoms with Crippen molar-refractivity contribution in [2.45, 2.75) is 118 Å². The summed E-state index contributed by atoms with van der Waals surface area (Å²) in [6, 6.07) is 49.9. The van der Waals surface area contributed by atoms with E-state index in [1.165, 1.54) is 83.1 Å². The van der Waals surface area contributed by atoms with Crippen LogP contribution < -0.4 is 36.6 Å². The van der Waals surface area contributed by atoms with Gasteiger partial charge in [-0.15, -0.1) is 0 Å². The normalized spacial score (nSPS) is 14.3. The molecule has 2 aliphatic heterocycles. The summed E-state index contributed by atoms with van der Waals surface area (Å²) >= 11 is 0. The van der Waals surface area contributed by atoms with Gasteiger partial charge in [-0.1, -0.05) is 185 Å². The van der Waals surface area contributed by atoms with Crippen LogP contribution in [-0.4, -0.2) is 14.8 Å². The van der Waals surface area contributed by atoms with Gasteiger partial charge in [-0.3, -0.25) is 0 Å². The van der Waals surface area contributed by atoms with Crippen LogP contribution in [0.5, 0.6) is 0 Å². The first kappa shape index (κ1) is 40.0. The van der Waals surface area contributed by atoms with Crippen LogP contribution in [-0.2, 0) is 21.7 Å². The average molecular weight is 779 g/mol. The van der Waals surface area contributed by atoms with Crippen LogP contribution in [0.15, 0.2) is 127 Å². The molecule has 0 saturated carbocycles. The second-order valence-corrected chi connectivity index (χ2v) is 26.1. The molecule has 58 heavy (non-hydrogen) atoms. The Bertz CT molecular complexity index is 2360. The molecule has 2 aliphatic rings. The van der Waals surface area contributed by atoms with E-state index in [4.69, 9.17) is 0 Å². The molecule has 0 bridgehead atoms. The van der Waals surface area contributed by atoms with E-state index < -0.39 is 8.07 Å². The fourth-order valence-corrected chi connectivity index (χ4v) is 11.5. The lowest BCUT2D eigenvalue weighted by molar-refractivity contribution is 0.590. The van der Waals surface area contributed by atoms with Crippen molar-refractivity contribution in [2.75, 3.05) is 9.80 Å². The number of rotatable bonds is 4. The van der Waals surface area contributed by atoms with E-state index in [9.17, 15) is 0 Å². The third-order valence-corrected chi connectivity index (χ3v) is 16.5. The molecule has 8 rings (SSSR count). The molecule has 2 nitrogen and oxygen atoms in total. The van der Waals surface area contributed by atoms with E-state index in [-0.39, 0.29) is 28.4 Å². The van der Waals surface area contributed by atoms with Gasteiger partial charge in [0.1, 0.15) is 8.07 Å². The molecule has 4 heteroatoms. The Morgan fingerprint density at radius 3 is 1.10 bits per heavy atom. The summed E-state index contributed by atoms with van der Waals surface area (Å²) in [5.74, 6) is 0. The zero-order chi connectivity index (χ0) is 41.7. The van der Waals surface area contributed by atoms with Crippen molar-refractivity contribution < 1.29 is 0 Å². The summed E-state index contributed by atoms with van der Waals surface area (Å²) < 4.78 is 0. The van der Waals surface area contributed by atoms with Crippen molar-refractivity contribution in [3.8, 4) is 0 Å². The van der Waals surface area contributed by atoms with E-state index in [2.05, 4.69) is 233 Å². The van der Waals surface area contributed by atoms with E-state index in [0.29, 0.717) is 0 Å². The van der Waals surface area contributed by atoms with Crippen LogP contribution in [0.4, 0.5) is 34.1 Å². The van der Waals surface area contributed by atoms with Crippen LogP contribution in [0.1, 0.15) is 105 Å². The first-order valence-electron chi connectivity index (χ1n) is 21.4. The minimum atomic E-state index is -2.19. The molecule has 296 valence electrons. The first-order chi connectivity index (χ1) is 27.0. The maximum Gasteiger partial charge on any atom is 0.252 e. The highest BCUT2D eigenvalue weighted by Gasteiger charge is 2.45. The molecular weight excluding hydrogens is 716 g/mol. The monoisotopic (exact) mass is 778 g/mol. The Hall–Kier alpha value is -4.80. The van der Waals surface area contributed by atoms with Gasteiger partial charge in [0, 0.05) is 34.1 Å². The quantitative estimate of drug-likeness (QED) is 0.164. The number of fused-ring (bicyclic) bond motifs is 4. The second kappa shape index (κ2) is 13.6. The summed E-state index contributed by atoms with van der Waals surface area (Å²) in [7, 11) is -2.19. The topological polar surface area (TPSA) is 6.48 Å². The van der Waals surface area contributed by atoms with Gasteiger partial charge >= 0.3 is 0 Å². The fraction of sp³-hybridized carbons (Fsp3) is 0.333. The van der Waals surface area contributed by atoms with Crippen molar-refractivity contribution in [2.24, 2.45) is 0 Å². The highest BCUT2D eigenvalue weighted by molar-refractivity contribution is 7.02. The van der Waals surface area contributed by atoms with Crippen LogP contribution >= 0.6 is 0 Å². The standard InChI is InChI=1S/C54H63BN2Si/c1-51(2,3)36-20-26-40(27-21-36)56-46-30-24-38(53(7,8)9)32-44(46)55-45-33-39(54(10,11)12)25-31-47(45)57(41-28-22-37(23-29-41)52(4,5)6)49-35-43(34-48(56)50(49)55)58(13,14)42-18-16-15-17-19-42/h15-35H,1-14H3. The molecular formula is C54H63BN2Si. The molecule has 0 radical (unpaired) electrons. The van der Waals surface area contributed by atoms with Gasteiger partial charge in [0.05, 0.1) is 0 Å². The number of anilines is 6. The van der Waals surface area contributed by atoms with Crippen molar-refractivity contribution in [3.63, 3.8) is 0 Å². The van der Waals surface area contributed by atoms with E-state index in [1.54, 1.807) is 0 Å². The number of benzene rings is 6. The molecule has 6 aromatic carbocycles. The Morgan fingerprint density at radius 2 is 0.741 bits per heavy atom. The Balaban J connectivity index is 1.51. The van der Waals surface area contributed by atoms with E-state index >= 15 is 0 Å². The van der Waals surface area contributed by atoms with Gasteiger partial charge in [0.15, 0.2) is 0 Å². The van der Waals surface area contributed by atoms with Crippen LogP contribution in [0, 0.1) is 0 Å². The largest absolute Gasteiger partial charge is 0.311 e. The van der Waals surface area contributed by atoms with Gasteiger partial charge in [-0.25, -0.2) is 0 Å². The molecule has 0 aromatic heterocycles. The molecule has 0 spiro atoms. The lowest BCUT2D eigenvalue weighted by atomic mass is 9.33. The van der Waals surface area contributed by atoms with Crippen LogP contribution in [0.3, 0.4) is 0 Å². The number of hydrogen-bond acceptors (Lipinski definition) is 2.